The lowest BCUT2D eigenvalue weighted by molar-refractivity contribution is -0.384. The number of non-ortho nitro benzene ring substituents is 1. The number of anilines is 1. The highest BCUT2D eigenvalue weighted by Gasteiger charge is 2.29. The normalized spacial score (nSPS) is 15.2. The number of amides is 1. The highest BCUT2D eigenvalue weighted by Crippen LogP contribution is 2.30. The Balaban J connectivity index is 1.94. The molecule has 0 spiro atoms. The molecule has 2 aromatic carbocycles. The van der Waals surface area contributed by atoms with Crippen LogP contribution in [0.5, 0.6) is 5.75 Å². The number of sulfonamides is 1. The lowest BCUT2D eigenvalue weighted by Gasteiger charge is -2.21. The van der Waals surface area contributed by atoms with Crippen molar-refractivity contribution in [1.29, 1.82) is 0 Å². The zero-order chi connectivity index (χ0) is 22.6. The van der Waals surface area contributed by atoms with Gasteiger partial charge in [0.05, 0.1) is 17.7 Å². The van der Waals surface area contributed by atoms with E-state index in [4.69, 9.17) is 4.74 Å². The molecule has 1 saturated heterocycles. The second kappa shape index (κ2) is 9.44. The van der Waals surface area contributed by atoms with Crippen LogP contribution in [0.3, 0.4) is 0 Å². The van der Waals surface area contributed by atoms with Crippen molar-refractivity contribution in [3.05, 3.63) is 57.6 Å². The molecule has 0 radical (unpaired) electrons. The molecule has 1 heterocycles. The summed E-state index contributed by atoms with van der Waals surface area (Å²) >= 11 is 0. The van der Waals surface area contributed by atoms with E-state index in [1.807, 2.05) is 0 Å². The number of nitrogens with one attached hydrogen (secondary N) is 1. The highest BCUT2D eigenvalue weighted by molar-refractivity contribution is 7.89. The lowest BCUT2D eigenvalue weighted by atomic mass is 10.1. The molecule has 0 atom stereocenters. The molecule has 1 fully saturated rings. The van der Waals surface area contributed by atoms with E-state index in [-0.39, 0.29) is 27.6 Å². The third-order valence-electron chi connectivity index (χ3n) is 5.29. The van der Waals surface area contributed by atoms with Crippen molar-refractivity contribution in [3.8, 4) is 5.75 Å². The number of ether oxygens (including phenoxy) is 1. The standard InChI is InChI=1S/C21H25N3O6S/c1-15-7-9-17(24(26)27)14-18(15)22-21(25)16-8-10-19(30-2)20(13-16)31(28,29)23-11-5-3-4-6-12-23/h7-10,13-14H,3-6,11-12H2,1-2H3,(H,22,25). The van der Waals surface area contributed by atoms with Gasteiger partial charge in [-0.25, -0.2) is 8.42 Å². The first kappa shape index (κ1) is 22.7. The van der Waals surface area contributed by atoms with Crippen LogP contribution in [0.4, 0.5) is 11.4 Å². The number of aryl methyl sites for hydroxylation is 1. The molecule has 0 unspecified atom stereocenters. The third kappa shape index (κ3) is 5.02. The number of hydrogen-bond donors (Lipinski definition) is 1. The van der Waals surface area contributed by atoms with Gasteiger partial charge in [0.1, 0.15) is 10.6 Å². The first-order chi connectivity index (χ1) is 14.7. The second-order valence-corrected chi connectivity index (χ2v) is 9.30. The van der Waals surface area contributed by atoms with Gasteiger partial charge in [-0.1, -0.05) is 18.9 Å². The molecule has 1 aliphatic rings. The maximum absolute atomic E-state index is 13.3. The van der Waals surface area contributed by atoms with Gasteiger partial charge < -0.3 is 10.1 Å². The van der Waals surface area contributed by atoms with Crippen molar-refractivity contribution in [2.45, 2.75) is 37.5 Å². The molecule has 0 bridgehead atoms. The zero-order valence-electron chi connectivity index (χ0n) is 17.5. The number of nitro benzene ring substituents is 1. The van der Waals surface area contributed by atoms with Crippen molar-refractivity contribution in [3.63, 3.8) is 0 Å². The summed E-state index contributed by atoms with van der Waals surface area (Å²) in [5.41, 5.74) is 0.886. The molecule has 10 heteroatoms. The summed E-state index contributed by atoms with van der Waals surface area (Å²) in [5.74, 6) is -0.411. The number of methoxy groups -OCH3 is 1. The highest BCUT2D eigenvalue weighted by atomic mass is 32.2. The van der Waals surface area contributed by atoms with Gasteiger partial charge in [0, 0.05) is 30.8 Å². The predicted octanol–water partition coefficient (Wildman–Crippen LogP) is 3.73. The predicted molar refractivity (Wildman–Crippen MR) is 116 cm³/mol. The minimum absolute atomic E-state index is 0.0692. The number of carbonyl (C=O) groups is 1. The van der Waals surface area contributed by atoms with E-state index in [9.17, 15) is 23.3 Å². The molecule has 3 rings (SSSR count). The SMILES string of the molecule is COc1ccc(C(=O)Nc2cc([N+](=O)[O-])ccc2C)cc1S(=O)(=O)N1CCCCCC1. The molecule has 1 amide bonds. The van der Waals surface area contributed by atoms with Crippen LogP contribution >= 0.6 is 0 Å². The summed E-state index contributed by atoms with van der Waals surface area (Å²) in [7, 11) is -2.47. The van der Waals surface area contributed by atoms with Crippen LogP contribution in [-0.4, -0.2) is 43.8 Å². The molecular formula is C21H25N3O6S. The van der Waals surface area contributed by atoms with Gasteiger partial charge in [0.15, 0.2) is 0 Å². The Bertz CT molecular complexity index is 1090. The summed E-state index contributed by atoms with van der Waals surface area (Å²) in [6.07, 6.45) is 3.53. The van der Waals surface area contributed by atoms with Crippen LogP contribution in [0.2, 0.25) is 0 Å². The number of rotatable bonds is 6. The van der Waals surface area contributed by atoms with Crippen LogP contribution in [-0.2, 0) is 10.0 Å². The molecule has 1 N–H and O–H groups in total. The summed E-state index contributed by atoms with van der Waals surface area (Å²) in [6, 6.07) is 8.36. The number of nitrogens with zero attached hydrogens (tertiary/aromatic N) is 2. The van der Waals surface area contributed by atoms with Gasteiger partial charge in [-0.2, -0.15) is 4.31 Å². The van der Waals surface area contributed by atoms with Gasteiger partial charge in [0.25, 0.3) is 11.6 Å². The first-order valence-electron chi connectivity index (χ1n) is 9.98. The summed E-state index contributed by atoms with van der Waals surface area (Å²) in [4.78, 5) is 23.2. The Morgan fingerprint density at radius 2 is 1.77 bits per heavy atom. The molecule has 31 heavy (non-hydrogen) atoms. The fourth-order valence-electron chi connectivity index (χ4n) is 3.49. The van der Waals surface area contributed by atoms with E-state index in [1.165, 1.54) is 47.8 Å². The van der Waals surface area contributed by atoms with E-state index in [0.29, 0.717) is 18.7 Å². The van der Waals surface area contributed by atoms with Crippen molar-refractivity contribution < 1.29 is 22.9 Å². The van der Waals surface area contributed by atoms with Crippen molar-refractivity contribution in [1.82, 2.24) is 4.31 Å². The number of nitro groups is 1. The topological polar surface area (TPSA) is 119 Å². The van der Waals surface area contributed by atoms with Crippen LogP contribution < -0.4 is 10.1 Å². The third-order valence-corrected chi connectivity index (χ3v) is 7.21. The van der Waals surface area contributed by atoms with Crippen molar-refractivity contribution in [2.75, 3.05) is 25.5 Å². The van der Waals surface area contributed by atoms with E-state index < -0.39 is 20.9 Å². The van der Waals surface area contributed by atoms with Gasteiger partial charge in [-0.3, -0.25) is 14.9 Å². The molecule has 0 aromatic heterocycles. The summed E-state index contributed by atoms with van der Waals surface area (Å²) in [6.45, 7) is 2.56. The van der Waals surface area contributed by atoms with Crippen LogP contribution in [0.1, 0.15) is 41.6 Å². The second-order valence-electron chi connectivity index (χ2n) is 7.39. The Morgan fingerprint density at radius 3 is 2.39 bits per heavy atom. The van der Waals surface area contributed by atoms with Crippen LogP contribution in [0.15, 0.2) is 41.3 Å². The molecule has 166 valence electrons. The maximum atomic E-state index is 13.3. The zero-order valence-corrected chi connectivity index (χ0v) is 18.3. The average Bonchev–Trinajstić information content (AvgIpc) is 3.04. The molecule has 0 saturated carbocycles. The fourth-order valence-corrected chi connectivity index (χ4v) is 5.19. The van der Waals surface area contributed by atoms with E-state index in [2.05, 4.69) is 5.32 Å². The first-order valence-corrected chi connectivity index (χ1v) is 11.4. The van der Waals surface area contributed by atoms with Crippen LogP contribution in [0, 0.1) is 17.0 Å². The molecular weight excluding hydrogens is 422 g/mol. The smallest absolute Gasteiger partial charge is 0.271 e. The number of benzene rings is 2. The van der Waals surface area contributed by atoms with Gasteiger partial charge in [-0.15, -0.1) is 0 Å². The number of carbonyl (C=O) groups excluding carboxylic acids is 1. The van der Waals surface area contributed by atoms with Gasteiger partial charge in [-0.05, 0) is 43.5 Å². The van der Waals surface area contributed by atoms with E-state index in [0.717, 1.165) is 25.7 Å². The quantitative estimate of drug-likeness (QED) is 0.532. The Labute approximate surface area is 181 Å². The summed E-state index contributed by atoms with van der Waals surface area (Å²) < 4.78 is 33.2. The molecule has 2 aromatic rings. The maximum Gasteiger partial charge on any atom is 0.271 e. The summed E-state index contributed by atoms with van der Waals surface area (Å²) in [5, 5.41) is 13.7. The molecule has 0 aliphatic carbocycles. The lowest BCUT2D eigenvalue weighted by Crippen LogP contribution is -2.32. The number of hydrogen-bond acceptors (Lipinski definition) is 6. The Hall–Kier alpha value is -2.98. The molecule has 1 aliphatic heterocycles. The minimum atomic E-state index is -3.84. The van der Waals surface area contributed by atoms with Crippen LogP contribution in [0.25, 0.3) is 0 Å². The Kier molecular flexibility index (Phi) is 6.91. The van der Waals surface area contributed by atoms with E-state index >= 15 is 0 Å². The van der Waals surface area contributed by atoms with Crippen molar-refractivity contribution >= 4 is 27.3 Å². The molecule has 9 nitrogen and oxygen atoms in total. The van der Waals surface area contributed by atoms with E-state index in [1.54, 1.807) is 6.92 Å². The average molecular weight is 448 g/mol. The van der Waals surface area contributed by atoms with Gasteiger partial charge >= 0.3 is 0 Å². The monoisotopic (exact) mass is 447 g/mol. The Morgan fingerprint density at radius 1 is 1.10 bits per heavy atom. The largest absolute Gasteiger partial charge is 0.495 e. The minimum Gasteiger partial charge on any atom is -0.495 e. The fraction of sp³-hybridized carbons (Fsp3) is 0.381. The van der Waals surface area contributed by atoms with Gasteiger partial charge in [0.2, 0.25) is 10.0 Å². The van der Waals surface area contributed by atoms with Crippen molar-refractivity contribution in [2.24, 2.45) is 0 Å².